The molecular weight excluding hydrogens is 320 g/mol. The third-order valence-corrected chi connectivity index (χ3v) is 4.37. The van der Waals surface area contributed by atoms with Crippen LogP contribution in [0.25, 0.3) is 11.0 Å². The van der Waals surface area contributed by atoms with Gasteiger partial charge in [0.05, 0.1) is 11.0 Å². The topological polar surface area (TPSA) is 98.1 Å². The summed E-state index contributed by atoms with van der Waals surface area (Å²) in [4.78, 5) is 42.4. The number of hydrogen-bond donors (Lipinski definition) is 3. The lowest BCUT2D eigenvalue weighted by Gasteiger charge is -2.19. The lowest BCUT2D eigenvalue weighted by atomic mass is 10.1. The molecule has 7 nitrogen and oxygen atoms in total. The molecule has 0 saturated heterocycles. The van der Waals surface area contributed by atoms with Gasteiger partial charge in [-0.25, -0.2) is 0 Å². The number of carbonyl (C=O) groups is 1. The molecule has 0 saturated carbocycles. The molecule has 1 heterocycles. The lowest BCUT2D eigenvalue weighted by molar-refractivity contribution is 0.0937. The van der Waals surface area contributed by atoms with E-state index in [2.05, 4.69) is 34.0 Å². The zero-order chi connectivity index (χ0) is 18.4. The van der Waals surface area contributed by atoms with Crippen molar-refractivity contribution in [2.45, 2.75) is 39.7 Å². The molecular formula is C18H26N4O3. The quantitative estimate of drug-likeness (QED) is 0.630. The van der Waals surface area contributed by atoms with E-state index in [1.165, 1.54) is 0 Å². The first-order chi connectivity index (χ1) is 11.9. The van der Waals surface area contributed by atoms with E-state index in [4.69, 9.17) is 0 Å². The third kappa shape index (κ3) is 5.03. The van der Waals surface area contributed by atoms with Crippen molar-refractivity contribution in [1.29, 1.82) is 0 Å². The monoisotopic (exact) mass is 346 g/mol. The SMILES string of the molecule is CCN(CC)CCCC(C)NC(=O)c1ccc2[nH]c(=O)c(=O)[nH]c2c1. The number of nitrogens with zero attached hydrogens (tertiary/aromatic N) is 1. The maximum absolute atomic E-state index is 12.4. The van der Waals surface area contributed by atoms with Crippen molar-refractivity contribution in [3.8, 4) is 0 Å². The van der Waals surface area contributed by atoms with Gasteiger partial charge in [-0.2, -0.15) is 0 Å². The van der Waals surface area contributed by atoms with Crippen LogP contribution in [0.5, 0.6) is 0 Å². The van der Waals surface area contributed by atoms with Crippen LogP contribution in [0.2, 0.25) is 0 Å². The number of aromatic amines is 2. The average Bonchev–Trinajstić information content (AvgIpc) is 2.59. The van der Waals surface area contributed by atoms with Crippen LogP contribution in [-0.2, 0) is 0 Å². The van der Waals surface area contributed by atoms with Gasteiger partial charge in [0.15, 0.2) is 0 Å². The average molecular weight is 346 g/mol. The van der Waals surface area contributed by atoms with Crippen LogP contribution in [0.4, 0.5) is 0 Å². The number of fused-ring (bicyclic) bond motifs is 1. The highest BCUT2D eigenvalue weighted by Gasteiger charge is 2.11. The Bertz CT molecular complexity index is 836. The predicted molar refractivity (Wildman–Crippen MR) is 99.1 cm³/mol. The standard InChI is InChI=1S/C18H26N4O3/c1-4-22(5-2)10-6-7-12(3)19-16(23)13-8-9-14-15(11-13)21-18(25)17(24)20-14/h8-9,11-12H,4-7,10H2,1-3H3,(H,19,23)(H,20,24)(H,21,25). The summed E-state index contributed by atoms with van der Waals surface area (Å²) in [5.41, 5.74) is -0.0491. The molecule has 0 aliphatic rings. The maximum Gasteiger partial charge on any atom is 0.314 e. The Kier molecular flexibility index (Phi) is 6.52. The van der Waals surface area contributed by atoms with Gasteiger partial charge in [0.25, 0.3) is 5.91 Å². The predicted octanol–water partition coefficient (Wildman–Crippen LogP) is 1.46. The summed E-state index contributed by atoms with van der Waals surface area (Å²) in [7, 11) is 0. The molecule has 2 rings (SSSR count). The summed E-state index contributed by atoms with van der Waals surface area (Å²) in [6, 6.07) is 4.89. The first kappa shape index (κ1) is 18.9. The molecule has 2 aromatic rings. The van der Waals surface area contributed by atoms with Gasteiger partial charge in [-0.1, -0.05) is 13.8 Å². The number of nitrogens with one attached hydrogen (secondary N) is 3. The van der Waals surface area contributed by atoms with Crippen LogP contribution in [0, 0.1) is 0 Å². The molecule has 0 fully saturated rings. The maximum atomic E-state index is 12.4. The van der Waals surface area contributed by atoms with Crippen molar-refractivity contribution < 1.29 is 4.79 Å². The van der Waals surface area contributed by atoms with Gasteiger partial charge >= 0.3 is 11.1 Å². The summed E-state index contributed by atoms with van der Waals surface area (Å²) in [6.45, 7) is 9.37. The molecule has 1 aromatic carbocycles. The molecule has 7 heteroatoms. The first-order valence-electron chi connectivity index (χ1n) is 8.74. The number of hydrogen-bond acceptors (Lipinski definition) is 4. The van der Waals surface area contributed by atoms with Crippen LogP contribution in [0.1, 0.15) is 44.0 Å². The van der Waals surface area contributed by atoms with E-state index in [1.54, 1.807) is 18.2 Å². The molecule has 1 aromatic heterocycles. The summed E-state index contributed by atoms with van der Waals surface area (Å²) in [5, 5.41) is 2.98. The Morgan fingerprint density at radius 1 is 1.12 bits per heavy atom. The molecule has 0 aliphatic heterocycles. The zero-order valence-electron chi connectivity index (χ0n) is 15.0. The van der Waals surface area contributed by atoms with Crippen LogP contribution in [-0.4, -0.2) is 46.5 Å². The van der Waals surface area contributed by atoms with E-state index in [0.717, 1.165) is 32.5 Å². The second-order valence-corrected chi connectivity index (χ2v) is 6.21. The fourth-order valence-electron chi connectivity index (χ4n) is 2.80. The molecule has 0 radical (unpaired) electrons. The van der Waals surface area contributed by atoms with Crippen LogP contribution < -0.4 is 16.4 Å². The molecule has 0 aliphatic carbocycles. The molecule has 3 N–H and O–H groups in total. The van der Waals surface area contributed by atoms with Gasteiger partial charge in [0.1, 0.15) is 0 Å². The normalized spacial score (nSPS) is 12.5. The highest BCUT2D eigenvalue weighted by Crippen LogP contribution is 2.10. The second-order valence-electron chi connectivity index (χ2n) is 6.21. The first-order valence-corrected chi connectivity index (χ1v) is 8.74. The third-order valence-electron chi connectivity index (χ3n) is 4.37. The summed E-state index contributed by atoms with van der Waals surface area (Å²) < 4.78 is 0. The van der Waals surface area contributed by atoms with Crippen molar-refractivity contribution >= 4 is 16.9 Å². The van der Waals surface area contributed by atoms with Crippen LogP contribution >= 0.6 is 0 Å². The molecule has 0 bridgehead atoms. The smallest absolute Gasteiger partial charge is 0.314 e. The van der Waals surface area contributed by atoms with E-state index >= 15 is 0 Å². The van der Waals surface area contributed by atoms with E-state index in [0.29, 0.717) is 16.6 Å². The van der Waals surface area contributed by atoms with Gasteiger partial charge < -0.3 is 20.2 Å². The molecule has 1 unspecified atom stereocenters. The highest BCUT2D eigenvalue weighted by molar-refractivity contribution is 5.97. The molecule has 136 valence electrons. The minimum absolute atomic E-state index is 0.0633. The number of benzene rings is 1. The number of rotatable bonds is 8. The van der Waals surface area contributed by atoms with E-state index in [1.807, 2.05) is 6.92 Å². The number of H-pyrrole nitrogens is 2. The molecule has 25 heavy (non-hydrogen) atoms. The van der Waals surface area contributed by atoms with Gasteiger partial charge in [-0.15, -0.1) is 0 Å². The Morgan fingerprint density at radius 3 is 2.40 bits per heavy atom. The number of amides is 1. The Morgan fingerprint density at radius 2 is 1.76 bits per heavy atom. The van der Waals surface area contributed by atoms with Crippen molar-refractivity contribution in [1.82, 2.24) is 20.2 Å². The molecule has 1 atom stereocenters. The zero-order valence-corrected chi connectivity index (χ0v) is 15.0. The Balaban J connectivity index is 1.98. The lowest BCUT2D eigenvalue weighted by Crippen LogP contribution is -2.34. The van der Waals surface area contributed by atoms with Gasteiger partial charge in [-0.3, -0.25) is 14.4 Å². The van der Waals surface area contributed by atoms with Crippen LogP contribution in [0.15, 0.2) is 27.8 Å². The molecule has 0 spiro atoms. The second kappa shape index (κ2) is 8.62. The number of aromatic nitrogens is 2. The van der Waals surface area contributed by atoms with Crippen molar-refractivity contribution in [2.24, 2.45) is 0 Å². The Labute approximate surface area is 146 Å². The van der Waals surface area contributed by atoms with Crippen LogP contribution in [0.3, 0.4) is 0 Å². The molecule has 1 amide bonds. The summed E-state index contributed by atoms with van der Waals surface area (Å²) in [6.07, 6.45) is 1.93. The highest BCUT2D eigenvalue weighted by atomic mass is 16.2. The fraction of sp³-hybridized carbons (Fsp3) is 0.500. The van der Waals surface area contributed by atoms with Gasteiger partial charge in [0, 0.05) is 11.6 Å². The minimum atomic E-state index is -0.727. The minimum Gasteiger partial charge on any atom is -0.350 e. The van der Waals surface area contributed by atoms with Crippen molar-refractivity contribution in [3.63, 3.8) is 0 Å². The Hall–Kier alpha value is -2.41. The van der Waals surface area contributed by atoms with Gasteiger partial charge in [-0.05, 0) is 57.6 Å². The van der Waals surface area contributed by atoms with Crippen molar-refractivity contribution in [3.05, 3.63) is 44.5 Å². The number of carbonyl (C=O) groups excluding carboxylic acids is 1. The van der Waals surface area contributed by atoms with Crippen molar-refractivity contribution in [2.75, 3.05) is 19.6 Å². The fourth-order valence-corrected chi connectivity index (χ4v) is 2.80. The van der Waals surface area contributed by atoms with E-state index in [9.17, 15) is 14.4 Å². The van der Waals surface area contributed by atoms with E-state index < -0.39 is 11.1 Å². The largest absolute Gasteiger partial charge is 0.350 e. The van der Waals surface area contributed by atoms with Gasteiger partial charge in [0.2, 0.25) is 0 Å². The summed E-state index contributed by atoms with van der Waals surface area (Å²) in [5.74, 6) is -0.190. The summed E-state index contributed by atoms with van der Waals surface area (Å²) >= 11 is 0. The van der Waals surface area contributed by atoms with E-state index in [-0.39, 0.29) is 11.9 Å².